The fourth-order valence-electron chi connectivity index (χ4n) is 1.94. The van der Waals surface area contributed by atoms with Gasteiger partial charge in [-0.3, -0.25) is 0 Å². The van der Waals surface area contributed by atoms with E-state index in [0.29, 0.717) is 37.5 Å². The molecule has 8 heteroatoms. The Morgan fingerprint density at radius 2 is 2.20 bits per heavy atom. The van der Waals surface area contributed by atoms with Crippen LogP contribution < -0.4 is 15.1 Å². The average Bonchev–Trinajstić information content (AvgIpc) is 2.47. The van der Waals surface area contributed by atoms with Crippen molar-refractivity contribution in [2.24, 2.45) is 0 Å². The Kier molecular flexibility index (Phi) is 4.91. The summed E-state index contributed by atoms with van der Waals surface area (Å²) in [4.78, 5) is 17.1. The van der Waals surface area contributed by atoms with Gasteiger partial charge in [0.05, 0.1) is 19.3 Å². The van der Waals surface area contributed by atoms with Crippen LogP contribution >= 0.6 is 0 Å². The number of aliphatic hydroxyl groups is 1. The minimum Gasteiger partial charge on any atom is -0.394 e. The molecule has 0 saturated carbocycles. The molecule has 2 N–H and O–H groups in total. The van der Waals surface area contributed by atoms with Gasteiger partial charge >= 0.3 is 0 Å². The molecule has 0 bridgehead atoms. The van der Waals surface area contributed by atoms with Crippen LogP contribution in [0.4, 0.5) is 17.8 Å². The van der Waals surface area contributed by atoms with Crippen molar-refractivity contribution in [1.29, 1.82) is 0 Å². The van der Waals surface area contributed by atoms with Gasteiger partial charge in [0.25, 0.3) is 0 Å². The summed E-state index contributed by atoms with van der Waals surface area (Å²) in [6.07, 6.45) is -0.189. The maximum Gasteiger partial charge on any atom is 0.232 e. The van der Waals surface area contributed by atoms with Crippen LogP contribution in [0.15, 0.2) is 0 Å². The van der Waals surface area contributed by atoms with Gasteiger partial charge in [0.2, 0.25) is 17.8 Å². The second-order valence-corrected chi connectivity index (χ2v) is 4.81. The highest BCUT2D eigenvalue weighted by Crippen LogP contribution is 2.17. The summed E-state index contributed by atoms with van der Waals surface area (Å²) in [5.74, 6) is 1.78. The molecule has 20 heavy (non-hydrogen) atoms. The minimum absolute atomic E-state index is 0.00217. The molecule has 0 aromatic carbocycles. The molecule has 1 aliphatic heterocycles. The topological polar surface area (TPSA) is 86.6 Å². The first kappa shape index (κ1) is 14.7. The first-order valence-electron chi connectivity index (χ1n) is 6.78. The van der Waals surface area contributed by atoms with E-state index in [0.717, 1.165) is 6.54 Å². The maximum atomic E-state index is 9.21. The highest BCUT2D eigenvalue weighted by atomic mass is 16.5. The standard InChI is InChI=1S/C12H22N6O2/c1-4-13-10-14-11(17(2)3)16-12(15-10)18-5-6-20-9(7-18)8-19/h9,19H,4-8H2,1-3H3,(H,13,14,15,16). The molecule has 1 unspecified atom stereocenters. The summed E-state index contributed by atoms with van der Waals surface area (Å²) in [5, 5.41) is 12.3. The number of rotatable bonds is 5. The SMILES string of the molecule is CCNc1nc(N(C)C)nc(N2CCOC(CO)C2)n1. The summed E-state index contributed by atoms with van der Waals surface area (Å²) in [6, 6.07) is 0. The Morgan fingerprint density at radius 1 is 1.40 bits per heavy atom. The normalized spacial score (nSPS) is 19.0. The first-order valence-corrected chi connectivity index (χ1v) is 6.78. The van der Waals surface area contributed by atoms with Crippen LogP contribution in [0.25, 0.3) is 0 Å². The number of nitrogens with one attached hydrogen (secondary N) is 1. The molecule has 0 spiro atoms. The maximum absolute atomic E-state index is 9.21. The van der Waals surface area contributed by atoms with Gasteiger partial charge in [-0.05, 0) is 6.92 Å². The third-order valence-corrected chi connectivity index (χ3v) is 2.97. The van der Waals surface area contributed by atoms with E-state index in [4.69, 9.17) is 4.74 Å². The Morgan fingerprint density at radius 3 is 2.85 bits per heavy atom. The Balaban J connectivity index is 2.24. The number of nitrogens with zero attached hydrogens (tertiary/aromatic N) is 5. The van der Waals surface area contributed by atoms with E-state index >= 15 is 0 Å². The zero-order valence-electron chi connectivity index (χ0n) is 12.2. The average molecular weight is 282 g/mol. The van der Waals surface area contributed by atoms with Crippen LogP contribution in [0.1, 0.15) is 6.92 Å². The fourth-order valence-corrected chi connectivity index (χ4v) is 1.94. The van der Waals surface area contributed by atoms with Crippen molar-refractivity contribution in [1.82, 2.24) is 15.0 Å². The van der Waals surface area contributed by atoms with Crippen molar-refractivity contribution < 1.29 is 9.84 Å². The van der Waals surface area contributed by atoms with Crippen molar-refractivity contribution >= 4 is 17.8 Å². The molecule has 0 amide bonds. The molecule has 2 rings (SSSR count). The molecule has 1 saturated heterocycles. The van der Waals surface area contributed by atoms with E-state index in [9.17, 15) is 5.11 Å². The van der Waals surface area contributed by atoms with Crippen LogP contribution in [-0.4, -0.2) is 73.1 Å². The van der Waals surface area contributed by atoms with Crippen LogP contribution in [0.3, 0.4) is 0 Å². The van der Waals surface area contributed by atoms with Crippen molar-refractivity contribution in [2.75, 3.05) is 62.1 Å². The van der Waals surface area contributed by atoms with Crippen molar-refractivity contribution in [3.63, 3.8) is 0 Å². The third kappa shape index (κ3) is 3.45. The van der Waals surface area contributed by atoms with Gasteiger partial charge in [-0.25, -0.2) is 0 Å². The Hall–Kier alpha value is -1.67. The number of hydrogen-bond acceptors (Lipinski definition) is 8. The fraction of sp³-hybridized carbons (Fsp3) is 0.750. The molecule has 8 nitrogen and oxygen atoms in total. The summed E-state index contributed by atoms with van der Waals surface area (Å²) in [6.45, 7) is 4.60. The van der Waals surface area contributed by atoms with Gasteiger partial charge in [0.15, 0.2) is 0 Å². The van der Waals surface area contributed by atoms with Crippen LogP contribution in [0.2, 0.25) is 0 Å². The Bertz CT molecular complexity index is 442. The number of aromatic nitrogens is 3. The number of morpholine rings is 1. The molecule has 0 aliphatic carbocycles. The van der Waals surface area contributed by atoms with E-state index in [1.807, 2.05) is 30.8 Å². The zero-order valence-corrected chi connectivity index (χ0v) is 12.2. The number of anilines is 3. The molecule has 1 fully saturated rings. The zero-order chi connectivity index (χ0) is 14.5. The largest absolute Gasteiger partial charge is 0.394 e. The van der Waals surface area contributed by atoms with Gasteiger partial charge in [-0.1, -0.05) is 0 Å². The molecule has 0 radical (unpaired) electrons. The molecule has 2 heterocycles. The molecule has 1 aromatic heterocycles. The lowest BCUT2D eigenvalue weighted by Crippen LogP contribution is -2.45. The lowest BCUT2D eigenvalue weighted by molar-refractivity contribution is 0.00314. The Labute approximate surface area is 118 Å². The van der Waals surface area contributed by atoms with E-state index in [2.05, 4.69) is 20.3 Å². The van der Waals surface area contributed by atoms with Gasteiger partial charge in [-0.15, -0.1) is 0 Å². The van der Waals surface area contributed by atoms with Crippen molar-refractivity contribution in [3.05, 3.63) is 0 Å². The number of hydrogen-bond donors (Lipinski definition) is 2. The molecule has 1 aliphatic rings. The first-order chi connectivity index (χ1) is 9.63. The smallest absolute Gasteiger partial charge is 0.232 e. The van der Waals surface area contributed by atoms with Gasteiger partial charge in [-0.2, -0.15) is 15.0 Å². The predicted molar refractivity (Wildman–Crippen MR) is 77.4 cm³/mol. The predicted octanol–water partition coefficient (Wildman–Crippen LogP) is -0.433. The van der Waals surface area contributed by atoms with E-state index < -0.39 is 0 Å². The monoisotopic (exact) mass is 282 g/mol. The number of aliphatic hydroxyl groups excluding tert-OH is 1. The lowest BCUT2D eigenvalue weighted by atomic mass is 10.3. The number of ether oxygens (including phenoxy) is 1. The van der Waals surface area contributed by atoms with E-state index in [1.165, 1.54) is 0 Å². The summed E-state index contributed by atoms with van der Waals surface area (Å²) in [5.41, 5.74) is 0. The van der Waals surface area contributed by atoms with Crippen molar-refractivity contribution in [2.45, 2.75) is 13.0 Å². The highest BCUT2D eigenvalue weighted by molar-refractivity contribution is 5.44. The second-order valence-electron chi connectivity index (χ2n) is 4.81. The summed E-state index contributed by atoms with van der Waals surface area (Å²) < 4.78 is 5.45. The molecular formula is C12H22N6O2. The molecule has 1 atom stereocenters. The van der Waals surface area contributed by atoms with Crippen LogP contribution in [0, 0.1) is 0 Å². The molecule has 112 valence electrons. The van der Waals surface area contributed by atoms with Crippen LogP contribution in [-0.2, 0) is 4.74 Å². The minimum atomic E-state index is -0.189. The second kappa shape index (κ2) is 6.67. The third-order valence-electron chi connectivity index (χ3n) is 2.97. The van der Waals surface area contributed by atoms with E-state index in [1.54, 1.807) is 0 Å². The lowest BCUT2D eigenvalue weighted by Gasteiger charge is -2.32. The molecular weight excluding hydrogens is 260 g/mol. The summed E-state index contributed by atoms with van der Waals surface area (Å²) >= 11 is 0. The van der Waals surface area contributed by atoms with Gasteiger partial charge < -0.3 is 25.0 Å². The molecule has 1 aromatic rings. The van der Waals surface area contributed by atoms with Crippen molar-refractivity contribution in [3.8, 4) is 0 Å². The van der Waals surface area contributed by atoms with Gasteiger partial charge in [0.1, 0.15) is 0 Å². The van der Waals surface area contributed by atoms with Crippen LogP contribution in [0.5, 0.6) is 0 Å². The van der Waals surface area contributed by atoms with E-state index in [-0.39, 0.29) is 12.7 Å². The van der Waals surface area contributed by atoms with Gasteiger partial charge in [0, 0.05) is 33.7 Å². The summed E-state index contributed by atoms with van der Waals surface area (Å²) in [7, 11) is 3.79. The highest BCUT2D eigenvalue weighted by Gasteiger charge is 2.23. The quantitative estimate of drug-likeness (QED) is 0.752.